The summed E-state index contributed by atoms with van der Waals surface area (Å²) in [6, 6.07) is 30.1. The largest absolute Gasteiger partial charge is 0.354 e. The minimum atomic E-state index is -4.13. The third kappa shape index (κ3) is 9.05. The highest BCUT2D eigenvalue weighted by molar-refractivity contribution is 7.92. The summed E-state index contributed by atoms with van der Waals surface area (Å²) < 4.78 is 29.4. The molecule has 1 N–H and O–H groups in total. The Kier molecular flexibility index (Phi) is 11.2. The van der Waals surface area contributed by atoms with Crippen molar-refractivity contribution in [1.29, 1.82) is 0 Å². The summed E-state index contributed by atoms with van der Waals surface area (Å²) in [6.07, 6.45) is 0.275. The lowest BCUT2D eigenvalue weighted by Crippen LogP contribution is -2.53. The molecular weight excluding hydrogens is 582 g/mol. The van der Waals surface area contributed by atoms with E-state index in [1.165, 1.54) is 4.90 Å². The van der Waals surface area contributed by atoms with Crippen molar-refractivity contribution < 1.29 is 18.0 Å². The Hall–Kier alpha value is -4.43. The van der Waals surface area contributed by atoms with E-state index in [1.807, 2.05) is 101 Å². The molecule has 7 nitrogen and oxygen atoms in total. The molecule has 0 heterocycles. The van der Waals surface area contributed by atoms with Gasteiger partial charge in [-0.25, -0.2) is 8.42 Å². The van der Waals surface area contributed by atoms with Gasteiger partial charge < -0.3 is 10.2 Å². The number of rotatable bonds is 13. The van der Waals surface area contributed by atoms with Gasteiger partial charge in [0.2, 0.25) is 11.8 Å². The Morgan fingerprint density at radius 2 is 1.33 bits per heavy atom. The molecule has 0 saturated carbocycles. The zero-order valence-corrected chi connectivity index (χ0v) is 27.6. The van der Waals surface area contributed by atoms with Crippen molar-refractivity contribution in [3.63, 3.8) is 0 Å². The molecule has 0 spiro atoms. The average molecular weight is 626 g/mol. The molecular formula is C37H43N3O4S. The van der Waals surface area contributed by atoms with Crippen LogP contribution in [0.1, 0.15) is 41.7 Å². The summed E-state index contributed by atoms with van der Waals surface area (Å²) in [6.45, 7) is 9.91. The second-order valence-electron chi connectivity index (χ2n) is 12.0. The van der Waals surface area contributed by atoms with Gasteiger partial charge in [-0.1, -0.05) is 109 Å². The van der Waals surface area contributed by atoms with E-state index in [0.717, 1.165) is 32.1 Å². The maximum Gasteiger partial charge on any atom is 0.264 e. The van der Waals surface area contributed by atoms with E-state index < -0.39 is 28.5 Å². The van der Waals surface area contributed by atoms with E-state index in [1.54, 1.807) is 36.4 Å². The second kappa shape index (κ2) is 15.0. The fourth-order valence-electron chi connectivity index (χ4n) is 5.06. The molecule has 0 aliphatic heterocycles. The number of nitrogens with zero attached hydrogens (tertiary/aromatic N) is 2. The van der Waals surface area contributed by atoms with Crippen molar-refractivity contribution in [3.05, 3.63) is 131 Å². The van der Waals surface area contributed by atoms with E-state index in [0.29, 0.717) is 12.2 Å². The maximum absolute atomic E-state index is 14.5. The molecule has 236 valence electrons. The molecule has 4 aromatic carbocycles. The highest BCUT2D eigenvalue weighted by atomic mass is 32.2. The first-order chi connectivity index (χ1) is 21.4. The summed E-state index contributed by atoms with van der Waals surface area (Å²) in [7, 11) is -4.13. The molecule has 0 aliphatic carbocycles. The molecule has 4 rings (SSSR count). The minimum Gasteiger partial charge on any atom is -0.354 e. The van der Waals surface area contributed by atoms with Crippen LogP contribution < -0.4 is 9.62 Å². The first-order valence-corrected chi connectivity index (χ1v) is 16.7. The van der Waals surface area contributed by atoms with Crippen LogP contribution in [0.25, 0.3) is 0 Å². The third-order valence-electron chi connectivity index (χ3n) is 7.60. The Balaban J connectivity index is 1.79. The molecule has 0 bridgehead atoms. The second-order valence-corrected chi connectivity index (χ2v) is 13.9. The molecule has 0 aliphatic rings. The summed E-state index contributed by atoms with van der Waals surface area (Å²) in [4.78, 5) is 30.0. The monoisotopic (exact) mass is 625 g/mol. The fourth-order valence-corrected chi connectivity index (χ4v) is 6.48. The number of nitrogens with one attached hydrogen (secondary N) is 1. The van der Waals surface area contributed by atoms with Crippen LogP contribution in [0.2, 0.25) is 0 Å². The van der Waals surface area contributed by atoms with Crippen LogP contribution in [0.5, 0.6) is 0 Å². The van der Waals surface area contributed by atoms with Gasteiger partial charge in [-0.05, 0) is 62.1 Å². The lowest BCUT2D eigenvalue weighted by Gasteiger charge is -2.34. The van der Waals surface area contributed by atoms with Crippen molar-refractivity contribution in [1.82, 2.24) is 10.2 Å². The molecule has 2 amide bonds. The first-order valence-electron chi connectivity index (χ1n) is 15.3. The highest BCUT2D eigenvalue weighted by Gasteiger charge is 2.34. The number of amides is 2. The zero-order valence-electron chi connectivity index (χ0n) is 26.7. The van der Waals surface area contributed by atoms with Gasteiger partial charge >= 0.3 is 0 Å². The lowest BCUT2D eigenvalue weighted by atomic mass is 10.0. The number of anilines is 1. The summed E-state index contributed by atoms with van der Waals surface area (Å²) in [5, 5.41) is 3.02. The molecule has 0 radical (unpaired) electrons. The van der Waals surface area contributed by atoms with Crippen LogP contribution in [-0.2, 0) is 32.6 Å². The standard InChI is InChI=1S/C37H43N3O4S/c1-27(2)24-38-37(42)35(23-31-11-7-6-8-12-31)39(25-32-13-9-10-30(5)22-32)36(41)26-40(33-18-14-28(3)15-19-33)45(43,44)34-20-16-29(4)17-21-34/h6-22,27,35H,23-26H2,1-5H3,(H,38,42)/t35-/m0/s1. The SMILES string of the molecule is Cc1ccc(N(CC(=O)N(Cc2cccc(C)c2)[C@@H](Cc2ccccc2)C(=O)NCC(C)C)S(=O)(=O)c2ccc(C)cc2)cc1. The van der Waals surface area contributed by atoms with E-state index in [2.05, 4.69) is 5.32 Å². The summed E-state index contributed by atoms with van der Waals surface area (Å²) >= 11 is 0. The van der Waals surface area contributed by atoms with Gasteiger partial charge in [-0.15, -0.1) is 0 Å². The van der Waals surface area contributed by atoms with Crippen LogP contribution in [0, 0.1) is 26.7 Å². The quantitative estimate of drug-likeness (QED) is 0.191. The van der Waals surface area contributed by atoms with Gasteiger partial charge in [0.05, 0.1) is 10.6 Å². The number of carbonyl (C=O) groups excluding carboxylic acids is 2. The van der Waals surface area contributed by atoms with Crippen LogP contribution in [0.15, 0.2) is 108 Å². The molecule has 1 atom stereocenters. The average Bonchev–Trinajstić information content (AvgIpc) is 3.01. The van der Waals surface area contributed by atoms with Crippen LogP contribution >= 0.6 is 0 Å². The Morgan fingerprint density at radius 1 is 0.733 bits per heavy atom. The Bertz CT molecular complexity index is 1690. The van der Waals surface area contributed by atoms with Gasteiger partial charge in [-0.2, -0.15) is 0 Å². The number of sulfonamides is 1. The molecule has 0 aromatic heterocycles. The van der Waals surface area contributed by atoms with E-state index in [9.17, 15) is 18.0 Å². The van der Waals surface area contributed by atoms with Crippen molar-refractivity contribution in [3.8, 4) is 0 Å². The lowest BCUT2D eigenvalue weighted by molar-refractivity contribution is -0.140. The first kappa shape index (κ1) is 33.5. The number of hydrogen-bond acceptors (Lipinski definition) is 4. The van der Waals surface area contributed by atoms with Gasteiger partial charge in [0.1, 0.15) is 12.6 Å². The van der Waals surface area contributed by atoms with Crippen molar-refractivity contribution in [2.75, 3.05) is 17.4 Å². The molecule has 0 saturated heterocycles. The molecule has 0 unspecified atom stereocenters. The van der Waals surface area contributed by atoms with E-state index in [-0.39, 0.29) is 29.7 Å². The fraction of sp³-hybridized carbons (Fsp3) is 0.297. The predicted octanol–water partition coefficient (Wildman–Crippen LogP) is 6.22. The third-order valence-corrected chi connectivity index (χ3v) is 9.39. The van der Waals surface area contributed by atoms with Gasteiger partial charge in [0, 0.05) is 19.5 Å². The molecule has 8 heteroatoms. The van der Waals surface area contributed by atoms with Crippen molar-refractivity contribution in [2.24, 2.45) is 5.92 Å². The topological polar surface area (TPSA) is 86.8 Å². The number of hydrogen-bond donors (Lipinski definition) is 1. The number of aryl methyl sites for hydroxylation is 3. The predicted molar refractivity (Wildman–Crippen MR) is 180 cm³/mol. The van der Waals surface area contributed by atoms with Crippen LogP contribution in [-0.4, -0.2) is 44.3 Å². The Labute approximate surface area is 268 Å². The van der Waals surface area contributed by atoms with Crippen LogP contribution in [0.3, 0.4) is 0 Å². The molecule has 45 heavy (non-hydrogen) atoms. The highest BCUT2D eigenvalue weighted by Crippen LogP contribution is 2.26. The number of benzene rings is 4. The minimum absolute atomic E-state index is 0.0854. The molecule has 0 fully saturated rings. The Morgan fingerprint density at radius 3 is 1.93 bits per heavy atom. The summed E-state index contributed by atoms with van der Waals surface area (Å²) in [5.74, 6) is -0.547. The van der Waals surface area contributed by atoms with Gasteiger partial charge in [0.25, 0.3) is 10.0 Å². The van der Waals surface area contributed by atoms with Gasteiger partial charge in [0.15, 0.2) is 0 Å². The van der Waals surface area contributed by atoms with E-state index in [4.69, 9.17) is 0 Å². The summed E-state index contributed by atoms with van der Waals surface area (Å²) in [5.41, 5.74) is 5.02. The normalized spacial score (nSPS) is 12.0. The number of carbonyl (C=O) groups is 2. The maximum atomic E-state index is 14.5. The van der Waals surface area contributed by atoms with E-state index >= 15 is 0 Å². The smallest absolute Gasteiger partial charge is 0.264 e. The van der Waals surface area contributed by atoms with Crippen molar-refractivity contribution >= 4 is 27.5 Å². The van der Waals surface area contributed by atoms with Gasteiger partial charge in [-0.3, -0.25) is 13.9 Å². The molecule has 4 aromatic rings. The van der Waals surface area contributed by atoms with Crippen LogP contribution in [0.4, 0.5) is 5.69 Å². The van der Waals surface area contributed by atoms with Crippen molar-refractivity contribution in [2.45, 2.75) is 58.5 Å². The zero-order chi connectivity index (χ0) is 32.6.